The van der Waals surface area contributed by atoms with E-state index in [-0.39, 0.29) is 5.91 Å². The summed E-state index contributed by atoms with van der Waals surface area (Å²) in [5.41, 5.74) is 1.19. The molecule has 19 heavy (non-hydrogen) atoms. The van der Waals surface area contributed by atoms with Crippen molar-refractivity contribution >= 4 is 5.91 Å². The number of hydrogen-bond donors (Lipinski definition) is 0. The minimum Gasteiger partial charge on any atom is -0.496 e. The highest BCUT2D eigenvalue weighted by atomic mass is 16.7. The first-order valence-corrected chi connectivity index (χ1v) is 5.90. The van der Waals surface area contributed by atoms with E-state index in [9.17, 15) is 4.79 Å². The topological polar surface area (TPSA) is 57.2 Å². The Balaban J connectivity index is 2.33. The van der Waals surface area contributed by atoms with Crippen molar-refractivity contribution in [1.29, 1.82) is 0 Å². The van der Waals surface area contributed by atoms with Gasteiger partial charge in [0.25, 0.3) is 5.91 Å². The quantitative estimate of drug-likeness (QED) is 0.771. The molecule has 1 heterocycles. The number of ether oxygens (including phenoxy) is 3. The van der Waals surface area contributed by atoms with E-state index in [0.29, 0.717) is 24.5 Å². The Morgan fingerprint density at radius 3 is 2.58 bits per heavy atom. The number of methoxy groups -OCH3 is 1. The molecule has 1 aliphatic rings. The van der Waals surface area contributed by atoms with Crippen LogP contribution in [-0.2, 0) is 14.3 Å². The molecule has 0 N–H and O–H groups in total. The van der Waals surface area contributed by atoms with Crippen LogP contribution in [0.2, 0.25) is 0 Å². The molecular formula is C13H17NO5. The molecule has 6 nitrogen and oxygen atoms in total. The van der Waals surface area contributed by atoms with Gasteiger partial charge in [0.2, 0.25) is 0 Å². The maximum absolute atomic E-state index is 12.2. The van der Waals surface area contributed by atoms with Gasteiger partial charge in [-0.05, 0) is 12.1 Å². The zero-order valence-electron chi connectivity index (χ0n) is 11.2. The molecule has 0 radical (unpaired) electrons. The molecule has 0 unspecified atom stereocenters. The lowest BCUT2D eigenvalue weighted by atomic mass is 10.1. The van der Waals surface area contributed by atoms with Gasteiger partial charge < -0.3 is 14.2 Å². The molecule has 1 aliphatic heterocycles. The third-order valence-electron chi connectivity index (χ3n) is 2.91. The SMILES string of the molecule is COc1ccc(C2OCCO2)cc1C(=O)N(C)OC. The fraction of sp³-hybridized carbons (Fsp3) is 0.462. The summed E-state index contributed by atoms with van der Waals surface area (Å²) in [6, 6.07) is 5.24. The molecule has 6 heteroatoms. The van der Waals surface area contributed by atoms with Crippen LogP contribution in [0.1, 0.15) is 22.2 Å². The smallest absolute Gasteiger partial charge is 0.280 e. The van der Waals surface area contributed by atoms with Crippen LogP contribution < -0.4 is 4.74 Å². The second-order valence-electron chi connectivity index (χ2n) is 4.02. The van der Waals surface area contributed by atoms with Crippen molar-refractivity contribution < 1.29 is 23.8 Å². The summed E-state index contributed by atoms with van der Waals surface area (Å²) in [6.45, 7) is 1.11. The van der Waals surface area contributed by atoms with Crippen LogP contribution in [0.5, 0.6) is 5.75 Å². The number of carbonyl (C=O) groups excluding carboxylic acids is 1. The second-order valence-corrected chi connectivity index (χ2v) is 4.02. The molecular weight excluding hydrogens is 250 g/mol. The van der Waals surface area contributed by atoms with E-state index in [1.807, 2.05) is 6.07 Å². The highest BCUT2D eigenvalue weighted by Gasteiger charge is 2.23. The molecule has 1 aromatic carbocycles. The number of nitrogens with zero attached hydrogens (tertiary/aromatic N) is 1. The molecule has 0 spiro atoms. The minimum atomic E-state index is -0.426. The van der Waals surface area contributed by atoms with Gasteiger partial charge in [-0.25, -0.2) is 5.06 Å². The van der Waals surface area contributed by atoms with Crippen LogP contribution in [0.15, 0.2) is 18.2 Å². The first kappa shape index (κ1) is 13.8. The molecule has 1 amide bonds. The number of carbonyl (C=O) groups is 1. The van der Waals surface area contributed by atoms with Gasteiger partial charge in [0.15, 0.2) is 6.29 Å². The van der Waals surface area contributed by atoms with Gasteiger partial charge in [-0.15, -0.1) is 0 Å². The largest absolute Gasteiger partial charge is 0.496 e. The summed E-state index contributed by atoms with van der Waals surface area (Å²) in [5, 5.41) is 1.14. The number of benzene rings is 1. The molecule has 0 saturated carbocycles. The van der Waals surface area contributed by atoms with Gasteiger partial charge in [-0.1, -0.05) is 6.07 Å². The van der Waals surface area contributed by atoms with Crippen LogP contribution in [0.4, 0.5) is 0 Å². The normalized spacial score (nSPS) is 15.5. The number of rotatable bonds is 4. The summed E-state index contributed by atoms with van der Waals surface area (Å²) < 4.78 is 16.0. The van der Waals surface area contributed by atoms with E-state index in [4.69, 9.17) is 19.0 Å². The van der Waals surface area contributed by atoms with E-state index in [1.165, 1.54) is 21.3 Å². The fourth-order valence-electron chi connectivity index (χ4n) is 1.84. The van der Waals surface area contributed by atoms with E-state index in [1.54, 1.807) is 12.1 Å². The average Bonchev–Trinajstić information content (AvgIpc) is 2.99. The van der Waals surface area contributed by atoms with E-state index in [0.717, 1.165) is 10.6 Å². The molecule has 104 valence electrons. The lowest BCUT2D eigenvalue weighted by Crippen LogP contribution is -2.26. The molecule has 0 atom stereocenters. The molecule has 2 rings (SSSR count). The Hall–Kier alpha value is -1.63. The third-order valence-corrected chi connectivity index (χ3v) is 2.91. The standard InChI is InChI=1S/C13H17NO5/c1-14(17-3)12(15)10-8-9(4-5-11(10)16-2)13-18-6-7-19-13/h4-5,8,13H,6-7H2,1-3H3. The Kier molecular flexibility index (Phi) is 4.36. The Morgan fingerprint density at radius 1 is 1.32 bits per heavy atom. The van der Waals surface area contributed by atoms with Crippen LogP contribution in [0, 0.1) is 0 Å². The highest BCUT2D eigenvalue weighted by Crippen LogP contribution is 2.28. The number of hydroxylamine groups is 2. The highest BCUT2D eigenvalue weighted by molar-refractivity contribution is 5.96. The second kappa shape index (κ2) is 6.01. The third kappa shape index (κ3) is 2.86. The first-order chi connectivity index (χ1) is 9.17. The zero-order chi connectivity index (χ0) is 13.8. The van der Waals surface area contributed by atoms with E-state index in [2.05, 4.69) is 0 Å². The summed E-state index contributed by atoms with van der Waals surface area (Å²) in [6.07, 6.45) is -0.426. The number of hydrogen-bond acceptors (Lipinski definition) is 5. The molecule has 0 bridgehead atoms. The van der Waals surface area contributed by atoms with E-state index >= 15 is 0 Å². The molecule has 0 aliphatic carbocycles. The van der Waals surface area contributed by atoms with Crippen molar-refractivity contribution in [3.8, 4) is 5.75 Å². The van der Waals surface area contributed by atoms with Gasteiger partial charge in [0.1, 0.15) is 5.75 Å². The van der Waals surface area contributed by atoms with Crippen LogP contribution >= 0.6 is 0 Å². The van der Waals surface area contributed by atoms with Crippen LogP contribution in [0.25, 0.3) is 0 Å². The average molecular weight is 267 g/mol. The monoisotopic (exact) mass is 267 g/mol. The Labute approximate surface area is 111 Å². The van der Waals surface area contributed by atoms with Crippen molar-refractivity contribution in [2.75, 3.05) is 34.5 Å². The van der Waals surface area contributed by atoms with Crippen LogP contribution in [-0.4, -0.2) is 45.5 Å². The predicted molar refractivity (Wildman–Crippen MR) is 66.7 cm³/mol. The predicted octanol–water partition coefficient (Wildman–Crippen LogP) is 1.37. The Morgan fingerprint density at radius 2 is 2.00 bits per heavy atom. The van der Waals surface area contributed by atoms with Crippen molar-refractivity contribution in [2.45, 2.75) is 6.29 Å². The van der Waals surface area contributed by atoms with Crippen molar-refractivity contribution in [3.05, 3.63) is 29.3 Å². The minimum absolute atomic E-state index is 0.292. The first-order valence-electron chi connectivity index (χ1n) is 5.90. The van der Waals surface area contributed by atoms with Crippen molar-refractivity contribution in [1.82, 2.24) is 5.06 Å². The van der Waals surface area contributed by atoms with Gasteiger partial charge in [-0.2, -0.15) is 0 Å². The van der Waals surface area contributed by atoms with Crippen molar-refractivity contribution in [2.24, 2.45) is 0 Å². The van der Waals surface area contributed by atoms with Gasteiger partial charge in [-0.3, -0.25) is 9.63 Å². The van der Waals surface area contributed by atoms with Crippen LogP contribution in [0.3, 0.4) is 0 Å². The molecule has 1 aromatic rings. The maximum atomic E-state index is 12.2. The number of amides is 1. The Bertz CT molecular complexity index is 456. The zero-order valence-corrected chi connectivity index (χ0v) is 11.2. The maximum Gasteiger partial charge on any atom is 0.280 e. The lowest BCUT2D eigenvalue weighted by molar-refractivity contribution is -0.0759. The van der Waals surface area contributed by atoms with Gasteiger partial charge >= 0.3 is 0 Å². The fourth-order valence-corrected chi connectivity index (χ4v) is 1.84. The summed E-state index contributed by atoms with van der Waals surface area (Å²) in [7, 11) is 4.48. The van der Waals surface area contributed by atoms with Gasteiger partial charge in [0, 0.05) is 12.6 Å². The lowest BCUT2D eigenvalue weighted by Gasteiger charge is -2.17. The summed E-state index contributed by atoms with van der Waals surface area (Å²) >= 11 is 0. The van der Waals surface area contributed by atoms with Crippen molar-refractivity contribution in [3.63, 3.8) is 0 Å². The van der Waals surface area contributed by atoms with Gasteiger partial charge in [0.05, 0.1) is 33.0 Å². The summed E-state index contributed by atoms with van der Waals surface area (Å²) in [5.74, 6) is 0.190. The van der Waals surface area contributed by atoms with E-state index < -0.39 is 6.29 Å². The molecule has 1 saturated heterocycles. The summed E-state index contributed by atoms with van der Waals surface area (Å²) in [4.78, 5) is 17.1. The molecule has 0 aromatic heterocycles. The molecule has 1 fully saturated rings.